The Balaban J connectivity index is 1.80. The van der Waals surface area contributed by atoms with Crippen LogP contribution < -0.4 is 0 Å². The Bertz CT molecular complexity index is 766. The van der Waals surface area contributed by atoms with E-state index in [4.69, 9.17) is 4.74 Å². The summed E-state index contributed by atoms with van der Waals surface area (Å²) in [4.78, 5) is 0. The Morgan fingerprint density at radius 3 is 2.46 bits per heavy atom. The van der Waals surface area contributed by atoms with Gasteiger partial charge < -0.3 is 4.74 Å². The van der Waals surface area contributed by atoms with Crippen LogP contribution in [-0.2, 0) is 4.74 Å². The van der Waals surface area contributed by atoms with Gasteiger partial charge in [0, 0.05) is 24.3 Å². The quantitative estimate of drug-likeness (QED) is 0.681. The molecule has 0 unspecified atom stereocenters. The first kappa shape index (κ1) is 16.6. The highest BCUT2D eigenvalue weighted by molar-refractivity contribution is 5.63. The average Bonchev–Trinajstić information content (AvgIpc) is 2.63. The average molecular weight is 316 g/mol. The monoisotopic (exact) mass is 316 g/mol. The largest absolute Gasteiger partial charge is 0.381 e. The minimum Gasteiger partial charge on any atom is -0.381 e. The van der Waals surface area contributed by atoms with Crippen molar-refractivity contribution in [2.24, 2.45) is 0 Å². The van der Waals surface area contributed by atoms with Crippen LogP contribution in [0, 0.1) is 18.8 Å². The number of allylic oxidation sites excluding steroid dienone is 1. The predicted molar refractivity (Wildman–Crippen MR) is 101 cm³/mol. The molecule has 2 aromatic rings. The van der Waals surface area contributed by atoms with E-state index in [-0.39, 0.29) is 0 Å². The highest BCUT2D eigenvalue weighted by Gasteiger charge is 2.15. The molecule has 1 saturated heterocycles. The normalized spacial score (nSPS) is 15.2. The van der Waals surface area contributed by atoms with Gasteiger partial charge in [-0.15, -0.1) is 0 Å². The van der Waals surface area contributed by atoms with E-state index in [1.54, 1.807) is 0 Å². The van der Waals surface area contributed by atoms with Gasteiger partial charge in [0.15, 0.2) is 0 Å². The van der Waals surface area contributed by atoms with Crippen molar-refractivity contribution >= 4 is 6.08 Å². The molecule has 1 heteroatoms. The fourth-order valence-corrected chi connectivity index (χ4v) is 3.19. The van der Waals surface area contributed by atoms with Gasteiger partial charge in [-0.1, -0.05) is 48.3 Å². The molecule has 1 nitrogen and oxygen atoms in total. The topological polar surface area (TPSA) is 9.23 Å². The molecule has 0 aromatic heterocycles. The van der Waals surface area contributed by atoms with Gasteiger partial charge in [-0.3, -0.25) is 0 Å². The molecule has 1 heterocycles. The zero-order chi connectivity index (χ0) is 16.8. The summed E-state index contributed by atoms with van der Waals surface area (Å²) in [5.74, 6) is 7.28. The lowest BCUT2D eigenvalue weighted by molar-refractivity contribution is 0.0853. The molecule has 0 atom stereocenters. The van der Waals surface area contributed by atoms with Crippen LogP contribution in [0.1, 0.15) is 53.5 Å². The predicted octanol–water partition coefficient (Wildman–Crippen LogP) is 5.32. The molecule has 1 aliphatic heterocycles. The molecule has 3 rings (SSSR count). The van der Waals surface area contributed by atoms with Crippen LogP contribution in [0.5, 0.6) is 0 Å². The van der Waals surface area contributed by atoms with Gasteiger partial charge in [-0.2, -0.15) is 0 Å². The second-order valence-corrected chi connectivity index (χ2v) is 6.29. The van der Waals surface area contributed by atoms with Crippen molar-refractivity contribution in [1.29, 1.82) is 0 Å². The lowest BCUT2D eigenvalue weighted by Crippen LogP contribution is -2.13. The summed E-state index contributed by atoms with van der Waals surface area (Å²) < 4.78 is 5.45. The fourth-order valence-electron chi connectivity index (χ4n) is 3.19. The summed E-state index contributed by atoms with van der Waals surface area (Å²) in [6.07, 6.45) is 6.45. The molecule has 0 amide bonds. The van der Waals surface area contributed by atoms with Crippen LogP contribution >= 0.6 is 0 Å². The van der Waals surface area contributed by atoms with E-state index >= 15 is 0 Å². The van der Waals surface area contributed by atoms with Gasteiger partial charge in [0.1, 0.15) is 0 Å². The molecule has 2 aromatic carbocycles. The number of benzene rings is 2. The van der Waals surface area contributed by atoms with Gasteiger partial charge >= 0.3 is 0 Å². The molecule has 0 saturated carbocycles. The Kier molecular flexibility index (Phi) is 5.51. The summed E-state index contributed by atoms with van der Waals surface area (Å²) in [5.41, 5.74) is 6.04. The number of rotatable bonds is 2. The molecule has 0 spiro atoms. The second kappa shape index (κ2) is 7.99. The molecule has 1 aliphatic rings. The number of hydrogen-bond acceptors (Lipinski definition) is 1. The highest BCUT2D eigenvalue weighted by atomic mass is 16.5. The van der Waals surface area contributed by atoms with Gasteiger partial charge in [0.05, 0.1) is 0 Å². The van der Waals surface area contributed by atoms with Crippen molar-refractivity contribution in [1.82, 2.24) is 0 Å². The van der Waals surface area contributed by atoms with Crippen molar-refractivity contribution < 1.29 is 4.74 Å². The lowest BCUT2D eigenvalue weighted by Gasteiger charge is -2.22. The first-order valence-electron chi connectivity index (χ1n) is 8.70. The lowest BCUT2D eigenvalue weighted by atomic mass is 9.91. The summed E-state index contributed by atoms with van der Waals surface area (Å²) in [6, 6.07) is 15.0. The summed E-state index contributed by atoms with van der Waals surface area (Å²) in [6.45, 7) is 5.93. The zero-order valence-corrected chi connectivity index (χ0v) is 14.5. The minimum absolute atomic E-state index is 0.638. The maximum absolute atomic E-state index is 5.45. The first-order valence-corrected chi connectivity index (χ1v) is 8.70. The van der Waals surface area contributed by atoms with Crippen molar-refractivity contribution in [3.63, 3.8) is 0 Å². The van der Waals surface area contributed by atoms with Gasteiger partial charge in [0.25, 0.3) is 0 Å². The van der Waals surface area contributed by atoms with E-state index in [0.29, 0.717) is 5.92 Å². The van der Waals surface area contributed by atoms with Crippen molar-refractivity contribution in [2.75, 3.05) is 13.2 Å². The van der Waals surface area contributed by atoms with E-state index in [0.717, 1.165) is 37.2 Å². The third kappa shape index (κ3) is 3.96. The summed E-state index contributed by atoms with van der Waals surface area (Å²) >= 11 is 0. The van der Waals surface area contributed by atoms with Crippen LogP contribution in [0.3, 0.4) is 0 Å². The first-order chi connectivity index (χ1) is 11.8. The van der Waals surface area contributed by atoms with Crippen LogP contribution in [0.4, 0.5) is 0 Å². The van der Waals surface area contributed by atoms with E-state index in [1.165, 1.54) is 16.7 Å². The van der Waals surface area contributed by atoms with Crippen molar-refractivity contribution in [2.45, 2.75) is 32.6 Å². The van der Waals surface area contributed by atoms with Crippen LogP contribution in [0.25, 0.3) is 6.08 Å². The SMILES string of the molecule is C/C=C\c1c(C)cccc1C#Cc1ccc(C2CCOCC2)cc1. The molecule has 122 valence electrons. The van der Waals surface area contributed by atoms with Crippen LogP contribution in [-0.4, -0.2) is 13.2 Å². The van der Waals surface area contributed by atoms with Gasteiger partial charge in [0.2, 0.25) is 0 Å². The zero-order valence-electron chi connectivity index (χ0n) is 14.5. The molecular formula is C23H24O. The third-order valence-electron chi connectivity index (χ3n) is 4.60. The highest BCUT2D eigenvalue weighted by Crippen LogP contribution is 2.26. The van der Waals surface area contributed by atoms with E-state index < -0.39 is 0 Å². The summed E-state index contributed by atoms with van der Waals surface area (Å²) in [7, 11) is 0. The minimum atomic E-state index is 0.638. The van der Waals surface area contributed by atoms with Gasteiger partial charge in [-0.05, 0) is 67.5 Å². The van der Waals surface area contributed by atoms with E-state index in [1.807, 2.05) is 6.92 Å². The smallest absolute Gasteiger partial charge is 0.0471 e. The molecule has 1 fully saturated rings. The molecule has 0 radical (unpaired) electrons. The Labute approximate surface area is 145 Å². The van der Waals surface area contributed by atoms with Crippen molar-refractivity contribution in [3.05, 3.63) is 76.4 Å². The number of hydrogen-bond donors (Lipinski definition) is 0. The molecular weight excluding hydrogens is 292 g/mol. The second-order valence-electron chi connectivity index (χ2n) is 6.29. The standard InChI is InChI=1S/C23H24O/c1-3-5-23-18(2)6-4-7-22(23)13-10-19-8-11-20(12-9-19)21-14-16-24-17-15-21/h3-9,11-12,21H,14-17H2,1-2H3/b5-3-. The molecule has 0 N–H and O–H groups in total. The van der Waals surface area contributed by atoms with E-state index in [2.05, 4.69) is 73.4 Å². The summed E-state index contributed by atoms with van der Waals surface area (Å²) in [5, 5.41) is 0. The maximum atomic E-state index is 5.45. The maximum Gasteiger partial charge on any atom is 0.0471 e. The molecule has 0 aliphatic carbocycles. The Hall–Kier alpha value is -2.30. The Morgan fingerprint density at radius 2 is 1.75 bits per heavy atom. The fraction of sp³-hybridized carbons (Fsp3) is 0.304. The Morgan fingerprint density at radius 1 is 1.00 bits per heavy atom. The number of ether oxygens (including phenoxy) is 1. The number of aryl methyl sites for hydroxylation is 1. The molecule has 24 heavy (non-hydrogen) atoms. The van der Waals surface area contributed by atoms with E-state index in [9.17, 15) is 0 Å². The third-order valence-corrected chi connectivity index (χ3v) is 4.60. The van der Waals surface area contributed by atoms with Crippen molar-refractivity contribution in [3.8, 4) is 11.8 Å². The van der Waals surface area contributed by atoms with Crippen LogP contribution in [0.2, 0.25) is 0 Å². The molecule has 0 bridgehead atoms. The van der Waals surface area contributed by atoms with Crippen LogP contribution in [0.15, 0.2) is 48.5 Å². The van der Waals surface area contributed by atoms with Gasteiger partial charge in [-0.25, -0.2) is 0 Å².